The molecular formula is C20H16BrF3N2O5S2. The summed E-state index contributed by atoms with van der Waals surface area (Å²) in [5.41, 5.74) is -1.18. The number of hydrogen-bond acceptors (Lipinski definition) is 5. The number of benzene rings is 3. The van der Waals surface area contributed by atoms with Crippen molar-refractivity contribution in [3.05, 3.63) is 76.8 Å². The third-order valence-electron chi connectivity index (χ3n) is 4.29. The molecule has 0 aromatic heterocycles. The van der Waals surface area contributed by atoms with Crippen LogP contribution in [-0.2, 0) is 26.2 Å². The SMILES string of the molecule is COc1ccc(S(=O)(=O)Nc2ccc(S(=O)(=O)Nc3cccc(C(F)(F)F)c3)cc2)cc1Br. The van der Waals surface area contributed by atoms with Gasteiger partial charge in [0.1, 0.15) is 5.75 Å². The highest BCUT2D eigenvalue weighted by Gasteiger charge is 2.30. The summed E-state index contributed by atoms with van der Waals surface area (Å²) in [4.78, 5) is -0.326. The van der Waals surface area contributed by atoms with Crippen LogP contribution < -0.4 is 14.2 Å². The lowest BCUT2D eigenvalue weighted by Gasteiger charge is -2.12. The van der Waals surface area contributed by atoms with E-state index in [4.69, 9.17) is 4.74 Å². The van der Waals surface area contributed by atoms with Crippen LogP contribution in [0.3, 0.4) is 0 Å². The first kappa shape index (κ1) is 24.9. The maximum absolute atomic E-state index is 12.8. The molecule has 0 atom stereocenters. The van der Waals surface area contributed by atoms with E-state index >= 15 is 0 Å². The lowest BCUT2D eigenvalue weighted by molar-refractivity contribution is -0.137. The average Bonchev–Trinajstić information content (AvgIpc) is 2.73. The van der Waals surface area contributed by atoms with E-state index in [1.54, 1.807) is 0 Å². The van der Waals surface area contributed by atoms with Gasteiger partial charge in [0, 0.05) is 11.4 Å². The van der Waals surface area contributed by atoms with E-state index in [1.165, 1.54) is 43.5 Å². The molecule has 0 unspecified atom stereocenters. The molecule has 0 spiro atoms. The Hall–Kier alpha value is -2.77. The highest BCUT2D eigenvalue weighted by atomic mass is 79.9. The van der Waals surface area contributed by atoms with Gasteiger partial charge in [0.25, 0.3) is 20.0 Å². The second-order valence-electron chi connectivity index (χ2n) is 6.61. The Balaban J connectivity index is 1.79. The van der Waals surface area contributed by atoms with Gasteiger partial charge in [-0.05, 0) is 76.6 Å². The second kappa shape index (κ2) is 9.23. The number of rotatable bonds is 7. The summed E-state index contributed by atoms with van der Waals surface area (Å²) in [5.74, 6) is 0.441. The van der Waals surface area contributed by atoms with Crippen molar-refractivity contribution in [2.45, 2.75) is 16.0 Å². The highest BCUT2D eigenvalue weighted by Crippen LogP contribution is 2.31. The normalized spacial score (nSPS) is 12.3. The van der Waals surface area contributed by atoms with Crippen LogP contribution in [-0.4, -0.2) is 23.9 Å². The quantitative estimate of drug-likeness (QED) is 0.416. The molecule has 3 aromatic rings. The van der Waals surface area contributed by atoms with Gasteiger partial charge < -0.3 is 4.74 Å². The molecule has 0 aliphatic heterocycles. The third-order valence-corrected chi connectivity index (χ3v) is 7.69. The molecular weight excluding hydrogens is 549 g/mol. The van der Waals surface area contributed by atoms with Crippen LogP contribution in [0.15, 0.2) is 81.0 Å². The van der Waals surface area contributed by atoms with Crippen LogP contribution in [0, 0.1) is 0 Å². The van der Waals surface area contributed by atoms with Gasteiger partial charge in [-0.3, -0.25) is 9.44 Å². The van der Waals surface area contributed by atoms with E-state index in [0.29, 0.717) is 16.3 Å². The van der Waals surface area contributed by atoms with Crippen molar-refractivity contribution < 1.29 is 34.7 Å². The predicted molar refractivity (Wildman–Crippen MR) is 120 cm³/mol. The third kappa shape index (κ3) is 5.97. The first-order chi connectivity index (χ1) is 15.3. The van der Waals surface area contributed by atoms with Crippen molar-refractivity contribution in [2.24, 2.45) is 0 Å². The minimum Gasteiger partial charge on any atom is -0.496 e. The summed E-state index contributed by atoms with van der Waals surface area (Å²) >= 11 is 3.21. The maximum atomic E-state index is 12.8. The Bertz CT molecular complexity index is 1380. The Morgan fingerprint density at radius 1 is 0.788 bits per heavy atom. The number of methoxy groups -OCH3 is 1. The van der Waals surface area contributed by atoms with Gasteiger partial charge in [0.2, 0.25) is 0 Å². The molecule has 0 saturated carbocycles. The van der Waals surface area contributed by atoms with Gasteiger partial charge in [-0.2, -0.15) is 13.2 Å². The minimum absolute atomic E-state index is 0.0573. The lowest BCUT2D eigenvalue weighted by atomic mass is 10.2. The topological polar surface area (TPSA) is 102 Å². The standard InChI is InChI=1S/C20H16BrF3N2O5S2/c1-31-19-10-9-17(12-18(19)21)33(29,30)25-14-5-7-16(8-6-14)32(27,28)26-15-4-2-3-13(11-15)20(22,23)24/h2-12,25-26H,1H3. The van der Waals surface area contributed by atoms with Crippen molar-refractivity contribution in [1.82, 2.24) is 0 Å². The van der Waals surface area contributed by atoms with Gasteiger partial charge in [0.05, 0.1) is 26.9 Å². The maximum Gasteiger partial charge on any atom is 0.416 e. The van der Waals surface area contributed by atoms with Gasteiger partial charge in [-0.15, -0.1) is 0 Å². The van der Waals surface area contributed by atoms with Crippen LogP contribution >= 0.6 is 15.9 Å². The molecule has 0 radical (unpaired) electrons. The van der Waals surface area contributed by atoms with Gasteiger partial charge in [-0.25, -0.2) is 16.8 Å². The molecule has 0 bridgehead atoms. The number of alkyl halides is 3. The van der Waals surface area contributed by atoms with Crippen LogP contribution in [0.1, 0.15) is 5.56 Å². The summed E-state index contributed by atoms with van der Waals surface area (Å²) < 4.78 is 98.7. The molecule has 33 heavy (non-hydrogen) atoms. The molecule has 7 nitrogen and oxygen atoms in total. The number of sulfonamides is 2. The van der Waals surface area contributed by atoms with E-state index in [9.17, 15) is 30.0 Å². The van der Waals surface area contributed by atoms with Crippen molar-refractivity contribution in [2.75, 3.05) is 16.6 Å². The molecule has 3 aromatic carbocycles. The first-order valence-corrected chi connectivity index (χ1v) is 12.7. The molecule has 0 fully saturated rings. The zero-order valence-corrected chi connectivity index (χ0v) is 19.9. The number of halogens is 4. The van der Waals surface area contributed by atoms with Crippen molar-refractivity contribution in [3.8, 4) is 5.75 Å². The number of ether oxygens (including phenoxy) is 1. The second-order valence-corrected chi connectivity index (χ2v) is 10.8. The van der Waals surface area contributed by atoms with Gasteiger partial charge >= 0.3 is 6.18 Å². The van der Waals surface area contributed by atoms with E-state index in [1.807, 2.05) is 0 Å². The Labute approximate surface area is 196 Å². The number of anilines is 2. The summed E-state index contributed by atoms with van der Waals surface area (Å²) in [6.07, 6.45) is -4.63. The van der Waals surface area contributed by atoms with E-state index in [2.05, 4.69) is 25.4 Å². The van der Waals surface area contributed by atoms with Crippen molar-refractivity contribution >= 4 is 47.4 Å². The molecule has 0 heterocycles. The molecule has 176 valence electrons. The summed E-state index contributed by atoms with van der Waals surface area (Å²) in [7, 11) is -6.77. The molecule has 0 amide bonds. The number of hydrogen-bond donors (Lipinski definition) is 2. The van der Waals surface area contributed by atoms with Gasteiger partial charge in [-0.1, -0.05) is 6.07 Å². The van der Waals surface area contributed by atoms with Crippen molar-refractivity contribution in [1.29, 1.82) is 0 Å². The molecule has 13 heteroatoms. The molecule has 0 aliphatic carbocycles. The summed E-state index contributed by atoms with van der Waals surface area (Å²) in [6, 6.07) is 12.6. The van der Waals surface area contributed by atoms with Crippen LogP contribution in [0.4, 0.5) is 24.5 Å². The monoisotopic (exact) mass is 564 g/mol. The molecule has 3 rings (SSSR count). The fourth-order valence-corrected chi connectivity index (χ4v) is 5.53. The smallest absolute Gasteiger partial charge is 0.416 e. The Kier molecular flexibility index (Phi) is 6.96. The lowest BCUT2D eigenvalue weighted by Crippen LogP contribution is -2.15. The Morgan fingerprint density at radius 3 is 1.94 bits per heavy atom. The van der Waals surface area contributed by atoms with E-state index in [0.717, 1.165) is 24.3 Å². The molecule has 2 N–H and O–H groups in total. The van der Waals surface area contributed by atoms with Crippen LogP contribution in [0.2, 0.25) is 0 Å². The zero-order valence-electron chi connectivity index (χ0n) is 16.7. The molecule has 0 saturated heterocycles. The van der Waals surface area contributed by atoms with Crippen LogP contribution in [0.25, 0.3) is 0 Å². The first-order valence-electron chi connectivity index (χ1n) is 8.98. The summed E-state index contributed by atoms with van der Waals surface area (Å²) in [5, 5.41) is 0. The minimum atomic E-state index is -4.63. The average molecular weight is 565 g/mol. The predicted octanol–water partition coefficient (Wildman–Crippen LogP) is 5.08. The Morgan fingerprint density at radius 2 is 1.36 bits per heavy atom. The van der Waals surface area contributed by atoms with Crippen molar-refractivity contribution in [3.63, 3.8) is 0 Å². The fraction of sp³-hybridized carbons (Fsp3) is 0.100. The van der Waals surface area contributed by atoms with E-state index in [-0.39, 0.29) is 21.2 Å². The number of nitrogens with one attached hydrogen (secondary N) is 2. The summed E-state index contributed by atoms with van der Waals surface area (Å²) in [6.45, 7) is 0. The zero-order chi connectivity index (χ0) is 24.4. The van der Waals surface area contributed by atoms with E-state index < -0.39 is 31.8 Å². The fourth-order valence-electron chi connectivity index (χ4n) is 2.70. The van der Waals surface area contributed by atoms with Crippen LogP contribution in [0.5, 0.6) is 5.75 Å². The highest BCUT2D eigenvalue weighted by molar-refractivity contribution is 9.10. The van der Waals surface area contributed by atoms with Gasteiger partial charge in [0.15, 0.2) is 0 Å². The largest absolute Gasteiger partial charge is 0.496 e. The molecule has 0 aliphatic rings.